The maximum Gasteiger partial charge on any atom is 0.0613 e. The summed E-state index contributed by atoms with van der Waals surface area (Å²) in [4.78, 5) is 0. The average molecular weight is 271 g/mol. The predicted molar refractivity (Wildman–Crippen MR) is 80.4 cm³/mol. The van der Waals surface area contributed by atoms with Crippen molar-refractivity contribution in [2.45, 2.75) is 70.8 Å². The van der Waals surface area contributed by atoms with Crippen LogP contribution in [-0.4, -0.2) is 37.0 Å². The molecule has 0 saturated heterocycles. The second-order valence-electron chi connectivity index (χ2n) is 6.00. The molecular weight excluding hydrogens is 238 g/mol. The van der Waals surface area contributed by atoms with Crippen LogP contribution >= 0.6 is 0 Å². The molecule has 1 saturated carbocycles. The number of aliphatic hydroxyl groups is 1. The van der Waals surface area contributed by atoms with E-state index in [1.807, 2.05) is 0 Å². The van der Waals surface area contributed by atoms with Crippen LogP contribution in [-0.2, 0) is 4.74 Å². The fourth-order valence-electron chi connectivity index (χ4n) is 3.13. The number of hydrogen-bond donors (Lipinski definition) is 2. The van der Waals surface area contributed by atoms with Crippen molar-refractivity contribution in [3.8, 4) is 0 Å². The van der Waals surface area contributed by atoms with E-state index in [4.69, 9.17) is 4.74 Å². The first-order valence-corrected chi connectivity index (χ1v) is 8.20. The summed E-state index contributed by atoms with van der Waals surface area (Å²) in [5.74, 6) is 0.802. The summed E-state index contributed by atoms with van der Waals surface area (Å²) in [6.07, 6.45) is 9.90. The van der Waals surface area contributed by atoms with E-state index in [9.17, 15) is 5.11 Å². The van der Waals surface area contributed by atoms with E-state index in [1.165, 1.54) is 32.1 Å². The van der Waals surface area contributed by atoms with Crippen molar-refractivity contribution in [3.05, 3.63) is 0 Å². The molecule has 0 radical (unpaired) electrons. The Morgan fingerprint density at radius 1 is 1.21 bits per heavy atom. The highest BCUT2D eigenvalue weighted by molar-refractivity contribution is 4.85. The van der Waals surface area contributed by atoms with Crippen molar-refractivity contribution < 1.29 is 9.84 Å². The van der Waals surface area contributed by atoms with Crippen LogP contribution in [0.5, 0.6) is 0 Å². The Kier molecular flexibility index (Phi) is 8.67. The van der Waals surface area contributed by atoms with Crippen LogP contribution < -0.4 is 5.32 Å². The minimum absolute atomic E-state index is 0.0943. The summed E-state index contributed by atoms with van der Waals surface area (Å²) in [5, 5.41) is 13.0. The summed E-state index contributed by atoms with van der Waals surface area (Å²) in [7, 11) is 0. The lowest BCUT2D eigenvalue weighted by atomic mass is 9.90. The van der Waals surface area contributed by atoms with Gasteiger partial charge in [-0.3, -0.25) is 0 Å². The summed E-state index contributed by atoms with van der Waals surface area (Å²) in [6.45, 7) is 7.15. The van der Waals surface area contributed by atoms with Gasteiger partial charge in [-0.1, -0.05) is 33.1 Å². The molecule has 0 heterocycles. The van der Waals surface area contributed by atoms with E-state index in [-0.39, 0.29) is 12.1 Å². The van der Waals surface area contributed by atoms with E-state index >= 15 is 0 Å². The lowest BCUT2D eigenvalue weighted by Crippen LogP contribution is -2.48. The van der Waals surface area contributed by atoms with Crippen LogP contribution in [0.3, 0.4) is 0 Å². The zero-order valence-corrected chi connectivity index (χ0v) is 12.9. The minimum Gasteiger partial charge on any atom is -0.394 e. The zero-order valence-electron chi connectivity index (χ0n) is 12.9. The zero-order chi connectivity index (χ0) is 14.0. The van der Waals surface area contributed by atoms with Gasteiger partial charge in [0.2, 0.25) is 0 Å². The van der Waals surface area contributed by atoms with Gasteiger partial charge in [-0.15, -0.1) is 0 Å². The highest BCUT2D eigenvalue weighted by atomic mass is 16.5. The minimum atomic E-state index is -0.0943. The average Bonchev–Trinajstić information content (AvgIpc) is 2.47. The smallest absolute Gasteiger partial charge is 0.0613 e. The van der Waals surface area contributed by atoms with E-state index in [2.05, 4.69) is 19.2 Å². The summed E-state index contributed by atoms with van der Waals surface area (Å²) in [6, 6.07) is 0. The van der Waals surface area contributed by atoms with Crippen LogP contribution in [0.4, 0.5) is 0 Å². The third-order valence-corrected chi connectivity index (χ3v) is 4.55. The van der Waals surface area contributed by atoms with Crippen LogP contribution in [0, 0.1) is 5.92 Å². The Balaban J connectivity index is 2.10. The first-order chi connectivity index (χ1) is 9.26. The quantitative estimate of drug-likeness (QED) is 0.600. The Morgan fingerprint density at radius 2 is 1.95 bits per heavy atom. The van der Waals surface area contributed by atoms with Gasteiger partial charge in [0.25, 0.3) is 0 Å². The third-order valence-electron chi connectivity index (χ3n) is 4.55. The maximum absolute atomic E-state index is 9.56. The Labute approximate surface area is 119 Å². The number of aliphatic hydroxyl groups excluding tert-OH is 1. The predicted octanol–water partition coefficient (Wildman–Crippen LogP) is 3.11. The van der Waals surface area contributed by atoms with Crippen molar-refractivity contribution in [2.75, 3.05) is 26.4 Å². The number of rotatable bonds is 10. The van der Waals surface area contributed by atoms with Gasteiger partial charge in [-0.2, -0.15) is 0 Å². The number of likely N-dealkylation sites (N-methyl/N-ethyl adjacent to an activating group) is 1. The fourth-order valence-corrected chi connectivity index (χ4v) is 3.13. The van der Waals surface area contributed by atoms with Crippen molar-refractivity contribution in [2.24, 2.45) is 5.92 Å². The molecule has 1 unspecified atom stereocenters. The lowest BCUT2D eigenvalue weighted by Gasteiger charge is -2.32. The van der Waals surface area contributed by atoms with Crippen LogP contribution in [0.1, 0.15) is 65.2 Å². The number of nitrogens with one attached hydrogen (secondary N) is 1. The highest BCUT2D eigenvalue weighted by Gasteiger charge is 2.25. The number of hydrogen-bond acceptors (Lipinski definition) is 3. The first-order valence-electron chi connectivity index (χ1n) is 8.20. The summed E-state index contributed by atoms with van der Waals surface area (Å²) in [5.41, 5.74) is -0.0943. The molecule has 3 nitrogen and oxygen atoms in total. The van der Waals surface area contributed by atoms with Gasteiger partial charge in [-0.25, -0.2) is 0 Å². The maximum atomic E-state index is 9.56. The molecule has 0 spiro atoms. The Hall–Kier alpha value is -0.120. The molecule has 0 bridgehead atoms. The molecule has 114 valence electrons. The van der Waals surface area contributed by atoms with Gasteiger partial charge < -0.3 is 15.2 Å². The molecule has 1 aliphatic carbocycles. The van der Waals surface area contributed by atoms with E-state index in [1.54, 1.807) is 0 Å². The van der Waals surface area contributed by atoms with Gasteiger partial charge in [-0.05, 0) is 44.6 Å². The van der Waals surface area contributed by atoms with Crippen molar-refractivity contribution >= 4 is 0 Å². The molecule has 2 N–H and O–H groups in total. The van der Waals surface area contributed by atoms with Gasteiger partial charge in [0.15, 0.2) is 0 Å². The van der Waals surface area contributed by atoms with Gasteiger partial charge in [0, 0.05) is 18.8 Å². The Bertz CT molecular complexity index is 211. The third kappa shape index (κ3) is 6.24. The van der Waals surface area contributed by atoms with Gasteiger partial charge >= 0.3 is 0 Å². The van der Waals surface area contributed by atoms with Gasteiger partial charge in [0.05, 0.1) is 6.61 Å². The molecule has 0 aliphatic heterocycles. The molecule has 3 heteroatoms. The van der Waals surface area contributed by atoms with Crippen molar-refractivity contribution in [1.82, 2.24) is 5.32 Å². The van der Waals surface area contributed by atoms with Crippen LogP contribution in [0.25, 0.3) is 0 Å². The van der Waals surface area contributed by atoms with Crippen molar-refractivity contribution in [3.63, 3.8) is 0 Å². The van der Waals surface area contributed by atoms with E-state index in [0.717, 1.165) is 44.9 Å². The molecule has 0 aromatic heterocycles. The monoisotopic (exact) mass is 271 g/mol. The van der Waals surface area contributed by atoms with Gasteiger partial charge in [0.1, 0.15) is 0 Å². The lowest BCUT2D eigenvalue weighted by molar-refractivity contribution is 0.0714. The molecule has 0 aromatic carbocycles. The second kappa shape index (κ2) is 9.73. The van der Waals surface area contributed by atoms with Crippen LogP contribution in [0.15, 0.2) is 0 Å². The molecule has 1 rings (SSSR count). The highest BCUT2D eigenvalue weighted by Crippen LogP contribution is 2.24. The topological polar surface area (TPSA) is 41.5 Å². The molecule has 1 aliphatic rings. The summed E-state index contributed by atoms with van der Waals surface area (Å²) < 4.78 is 5.83. The molecule has 0 amide bonds. The van der Waals surface area contributed by atoms with E-state index < -0.39 is 0 Å². The molecule has 0 aromatic rings. The molecule has 1 atom stereocenters. The number of ether oxygens (including phenoxy) is 1. The molecular formula is C16H33NO2. The van der Waals surface area contributed by atoms with Crippen molar-refractivity contribution in [1.29, 1.82) is 0 Å². The molecule has 1 fully saturated rings. The van der Waals surface area contributed by atoms with E-state index in [0.29, 0.717) is 0 Å². The standard InChI is InChI=1S/C16H33NO2/c1-3-16(14-18,17-4-2)11-8-12-19-13-15-9-6-5-7-10-15/h15,17-18H,3-14H2,1-2H3. The van der Waals surface area contributed by atoms with Crippen LogP contribution in [0.2, 0.25) is 0 Å². The fraction of sp³-hybridized carbons (Fsp3) is 1.00. The summed E-state index contributed by atoms with van der Waals surface area (Å²) >= 11 is 0. The largest absolute Gasteiger partial charge is 0.394 e. The normalized spacial score (nSPS) is 20.4. The second-order valence-corrected chi connectivity index (χ2v) is 6.00. The first kappa shape index (κ1) is 16.9. The Morgan fingerprint density at radius 3 is 2.53 bits per heavy atom. The SMILES string of the molecule is CCNC(CC)(CO)CCCOCC1CCCCC1. The molecule has 19 heavy (non-hydrogen) atoms.